The number of piperidine rings is 1. The number of amides is 2. The second-order valence-corrected chi connectivity index (χ2v) is 5.74. The standard InChI is InChI=1S/C14H26N4O2/c15-13(19)4-1-7-17-14(20)12-3-2-10-18(12)11-5-8-16-9-6-11/h11-12,16H,1-10H2,(H2,15,19)(H,17,20). The lowest BCUT2D eigenvalue weighted by molar-refractivity contribution is -0.126. The van der Waals surface area contributed by atoms with Gasteiger partial charge in [0.1, 0.15) is 0 Å². The van der Waals surface area contributed by atoms with E-state index in [-0.39, 0.29) is 17.9 Å². The average molecular weight is 282 g/mol. The third-order valence-electron chi connectivity index (χ3n) is 4.27. The Bertz CT molecular complexity index is 342. The molecule has 2 aliphatic rings. The number of carbonyl (C=O) groups is 2. The van der Waals surface area contributed by atoms with Gasteiger partial charge in [-0.15, -0.1) is 0 Å². The van der Waals surface area contributed by atoms with Crippen molar-refractivity contribution in [1.29, 1.82) is 0 Å². The summed E-state index contributed by atoms with van der Waals surface area (Å²) >= 11 is 0. The average Bonchev–Trinajstić information content (AvgIpc) is 2.93. The van der Waals surface area contributed by atoms with Gasteiger partial charge in [-0.25, -0.2) is 0 Å². The summed E-state index contributed by atoms with van der Waals surface area (Å²) in [6, 6.07) is 0.562. The summed E-state index contributed by atoms with van der Waals surface area (Å²) in [7, 11) is 0. The molecule has 0 aliphatic carbocycles. The lowest BCUT2D eigenvalue weighted by atomic mass is 10.0. The van der Waals surface area contributed by atoms with E-state index in [0.29, 0.717) is 25.4 Å². The van der Waals surface area contributed by atoms with Crippen LogP contribution in [0.4, 0.5) is 0 Å². The van der Waals surface area contributed by atoms with Gasteiger partial charge >= 0.3 is 0 Å². The number of primary amides is 1. The van der Waals surface area contributed by atoms with Crippen LogP contribution >= 0.6 is 0 Å². The molecule has 6 nitrogen and oxygen atoms in total. The van der Waals surface area contributed by atoms with Crippen molar-refractivity contribution >= 4 is 11.8 Å². The number of hydrogen-bond donors (Lipinski definition) is 3. The fourth-order valence-corrected chi connectivity index (χ4v) is 3.24. The Kier molecular flexibility index (Phi) is 5.79. The first-order valence-corrected chi connectivity index (χ1v) is 7.71. The molecule has 2 aliphatic heterocycles. The minimum absolute atomic E-state index is 0.0201. The highest BCUT2D eigenvalue weighted by Gasteiger charge is 2.35. The second-order valence-electron chi connectivity index (χ2n) is 5.74. The summed E-state index contributed by atoms with van der Waals surface area (Å²) in [6.45, 7) is 3.67. The molecule has 2 heterocycles. The molecule has 20 heavy (non-hydrogen) atoms. The Morgan fingerprint density at radius 1 is 1.25 bits per heavy atom. The van der Waals surface area contributed by atoms with Gasteiger partial charge in [0.25, 0.3) is 0 Å². The molecule has 0 radical (unpaired) electrons. The van der Waals surface area contributed by atoms with Gasteiger partial charge in [0.15, 0.2) is 0 Å². The largest absolute Gasteiger partial charge is 0.370 e. The van der Waals surface area contributed by atoms with Crippen LogP contribution in [0.25, 0.3) is 0 Å². The zero-order valence-electron chi connectivity index (χ0n) is 12.1. The van der Waals surface area contributed by atoms with Crippen molar-refractivity contribution in [3.8, 4) is 0 Å². The number of rotatable bonds is 6. The highest BCUT2D eigenvalue weighted by atomic mass is 16.2. The molecule has 0 saturated carbocycles. The molecular weight excluding hydrogens is 256 g/mol. The van der Waals surface area contributed by atoms with E-state index in [1.807, 2.05) is 0 Å². The smallest absolute Gasteiger partial charge is 0.237 e. The van der Waals surface area contributed by atoms with Crippen LogP contribution in [0.15, 0.2) is 0 Å². The Morgan fingerprint density at radius 2 is 2.00 bits per heavy atom. The van der Waals surface area contributed by atoms with E-state index in [9.17, 15) is 9.59 Å². The van der Waals surface area contributed by atoms with Crippen molar-refractivity contribution in [2.45, 2.75) is 50.6 Å². The van der Waals surface area contributed by atoms with Crippen LogP contribution in [0, 0.1) is 0 Å². The van der Waals surface area contributed by atoms with Crippen molar-refractivity contribution in [3.63, 3.8) is 0 Å². The Hall–Kier alpha value is -1.14. The van der Waals surface area contributed by atoms with Crippen molar-refractivity contribution < 1.29 is 9.59 Å². The molecule has 1 atom stereocenters. The highest BCUT2D eigenvalue weighted by molar-refractivity contribution is 5.82. The van der Waals surface area contributed by atoms with Crippen LogP contribution in [-0.2, 0) is 9.59 Å². The number of nitrogens with zero attached hydrogens (tertiary/aromatic N) is 1. The fraction of sp³-hybridized carbons (Fsp3) is 0.857. The molecule has 2 fully saturated rings. The summed E-state index contributed by atoms with van der Waals surface area (Å²) in [5.41, 5.74) is 5.09. The van der Waals surface area contributed by atoms with Crippen LogP contribution in [0.3, 0.4) is 0 Å². The van der Waals surface area contributed by atoms with Gasteiger partial charge in [0.2, 0.25) is 11.8 Å². The highest BCUT2D eigenvalue weighted by Crippen LogP contribution is 2.24. The van der Waals surface area contributed by atoms with Gasteiger partial charge in [-0.3, -0.25) is 14.5 Å². The summed E-state index contributed by atoms with van der Waals surface area (Å²) in [6.07, 6.45) is 5.27. The van der Waals surface area contributed by atoms with Gasteiger partial charge in [-0.2, -0.15) is 0 Å². The van der Waals surface area contributed by atoms with Gasteiger partial charge in [0, 0.05) is 19.0 Å². The topological polar surface area (TPSA) is 87.5 Å². The van der Waals surface area contributed by atoms with Crippen LogP contribution in [-0.4, -0.2) is 55.0 Å². The number of hydrogen-bond acceptors (Lipinski definition) is 4. The third-order valence-corrected chi connectivity index (χ3v) is 4.27. The third kappa shape index (κ3) is 4.18. The Labute approximate surface area is 120 Å². The van der Waals surface area contributed by atoms with Crippen molar-refractivity contribution in [1.82, 2.24) is 15.5 Å². The maximum Gasteiger partial charge on any atom is 0.237 e. The van der Waals surface area contributed by atoms with Crippen LogP contribution in [0.1, 0.15) is 38.5 Å². The first-order chi connectivity index (χ1) is 9.68. The van der Waals surface area contributed by atoms with Gasteiger partial charge in [-0.1, -0.05) is 0 Å². The van der Waals surface area contributed by atoms with E-state index in [1.165, 1.54) is 0 Å². The lowest BCUT2D eigenvalue weighted by Crippen LogP contribution is -2.50. The molecule has 2 amide bonds. The number of nitrogens with one attached hydrogen (secondary N) is 2. The van der Waals surface area contributed by atoms with E-state index in [4.69, 9.17) is 5.73 Å². The molecule has 0 spiro atoms. The number of likely N-dealkylation sites (tertiary alicyclic amines) is 1. The maximum absolute atomic E-state index is 12.3. The fourth-order valence-electron chi connectivity index (χ4n) is 3.24. The Balaban J connectivity index is 1.77. The molecule has 4 N–H and O–H groups in total. The minimum Gasteiger partial charge on any atom is -0.370 e. The van der Waals surface area contributed by atoms with Crippen LogP contribution in [0.2, 0.25) is 0 Å². The van der Waals surface area contributed by atoms with Crippen molar-refractivity contribution in [2.75, 3.05) is 26.2 Å². The van der Waals surface area contributed by atoms with Gasteiger partial charge in [-0.05, 0) is 51.7 Å². The minimum atomic E-state index is -0.309. The van der Waals surface area contributed by atoms with E-state index < -0.39 is 0 Å². The SMILES string of the molecule is NC(=O)CCCNC(=O)C1CCCN1C1CCNCC1. The molecule has 0 bridgehead atoms. The van der Waals surface area contributed by atoms with Gasteiger partial charge in [0.05, 0.1) is 6.04 Å². The molecule has 2 saturated heterocycles. The predicted molar refractivity (Wildman–Crippen MR) is 77.1 cm³/mol. The summed E-state index contributed by atoms with van der Waals surface area (Å²) in [5, 5.41) is 6.31. The quantitative estimate of drug-likeness (QED) is 0.578. The normalized spacial score (nSPS) is 24.7. The first-order valence-electron chi connectivity index (χ1n) is 7.71. The first kappa shape index (κ1) is 15.3. The van der Waals surface area contributed by atoms with Crippen molar-refractivity contribution in [2.24, 2.45) is 5.73 Å². The zero-order chi connectivity index (χ0) is 14.4. The molecule has 0 aromatic carbocycles. The molecule has 1 unspecified atom stereocenters. The van der Waals surface area contributed by atoms with Crippen LogP contribution < -0.4 is 16.4 Å². The number of nitrogens with two attached hydrogens (primary N) is 1. The molecule has 114 valence electrons. The van der Waals surface area contributed by atoms with Gasteiger partial charge < -0.3 is 16.4 Å². The number of carbonyl (C=O) groups excluding carboxylic acids is 2. The Morgan fingerprint density at radius 3 is 2.70 bits per heavy atom. The molecule has 0 aromatic heterocycles. The summed E-state index contributed by atoms with van der Waals surface area (Å²) in [4.78, 5) is 25.3. The molecule has 0 aromatic rings. The predicted octanol–water partition coefficient (Wildman–Crippen LogP) is -0.415. The van der Waals surface area contributed by atoms with Crippen LogP contribution in [0.5, 0.6) is 0 Å². The summed E-state index contributed by atoms with van der Waals surface area (Å²) in [5.74, 6) is -0.193. The molecular formula is C14H26N4O2. The van der Waals surface area contributed by atoms with Crippen molar-refractivity contribution in [3.05, 3.63) is 0 Å². The molecule has 6 heteroatoms. The summed E-state index contributed by atoms with van der Waals surface area (Å²) < 4.78 is 0. The van der Waals surface area contributed by atoms with E-state index in [1.54, 1.807) is 0 Å². The second kappa shape index (κ2) is 7.59. The molecule has 2 rings (SSSR count). The van der Waals surface area contributed by atoms with E-state index in [2.05, 4.69) is 15.5 Å². The zero-order valence-corrected chi connectivity index (χ0v) is 12.1. The van der Waals surface area contributed by atoms with E-state index >= 15 is 0 Å². The van der Waals surface area contributed by atoms with E-state index in [0.717, 1.165) is 45.3 Å². The lowest BCUT2D eigenvalue weighted by Gasteiger charge is -2.35. The maximum atomic E-state index is 12.3. The monoisotopic (exact) mass is 282 g/mol.